The van der Waals surface area contributed by atoms with E-state index in [2.05, 4.69) is 34.3 Å². The van der Waals surface area contributed by atoms with Gasteiger partial charge in [-0.05, 0) is 18.6 Å². The van der Waals surface area contributed by atoms with Crippen LogP contribution in [-0.2, 0) is 0 Å². The smallest absolute Gasteiger partial charge is 0.163 e. The molecule has 0 atom stereocenters. The standard InChI is InChI=1S/C20H22N4/c1-3-14-21-18-15-19(24(2)17-12-8-5-9-13-17)23-20(22-18)16-10-6-4-7-11-16/h4-13,15H,3,14H2,1-2H3,(H,21,22,23). The van der Waals surface area contributed by atoms with Crippen LogP contribution in [0.4, 0.5) is 17.3 Å². The zero-order valence-corrected chi connectivity index (χ0v) is 14.1. The van der Waals surface area contributed by atoms with Crippen LogP contribution in [0.1, 0.15) is 13.3 Å². The molecule has 1 aromatic heterocycles. The van der Waals surface area contributed by atoms with Gasteiger partial charge in [0.15, 0.2) is 5.82 Å². The fourth-order valence-corrected chi connectivity index (χ4v) is 2.45. The van der Waals surface area contributed by atoms with Crippen molar-refractivity contribution in [2.75, 3.05) is 23.8 Å². The Morgan fingerprint density at radius 2 is 1.58 bits per heavy atom. The van der Waals surface area contributed by atoms with E-state index >= 15 is 0 Å². The van der Waals surface area contributed by atoms with Gasteiger partial charge in [0.25, 0.3) is 0 Å². The summed E-state index contributed by atoms with van der Waals surface area (Å²) < 4.78 is 0. The van der Waals surface area contributed by atoms with Crippen molar-refractivity contribution in [1.29, 1.82) is 0 Å². The first kappa shape index (κ1) is 16.0. The van der Waals surface area contributed by atoms with E-state index in [1.807, 2.05) is 61.6 Å². The van der Waals surface area contributed by atoms with Gasteiger partial charge in [0.2, 0.25) is 0 Å². The first-order valence-corrected chi connectivity index (χ1v) is 8.25. The molecule has 3 aromatic rings. The van der Waals surface area contributed by atoms with Gasteiger partial charge in [-0.1, -0.05) is 55.5 Å². The Hall–Kier alpha value is -2.88. The molecule has 0 spiro atoms. The first-order valence-electron chi connectivity index (χ1n) is 8.25. The van der Waals surface area contributed by atoms with Crippen molar-refractivity contribution in [2.24, 2.45) is 0 Å². The summed E-state index contributed by atoms with van der Waals surface area (Å²) in [6, 6.07) is 22.3. The number of benzene rings is 2. The third kappa shape index (κ3) is 3.71. The maximum Gasteiger partial charge on any atom is 0.163 e. The van der Waals surface area contributed by atoms with Crippen molar-refractivity contribution in [2.45, 2.75) is 13.3 Å². The highest BCUT2D eigenvalue weighted by Gasteiger charge is 2.11. The van der Waals surface area contributed by atoms with Crippen molar-refractivity contribution in [3.63, 3.8) is 0 Å². The van der Waals surface area contributed by atoms with Crippen LogP contribution in [0.15, 0.2) is 66.7 Å². The van der Waals surface area contributed by atoms with Crippen LogP contribution in [0.5, 0.6) is 0 Å². The van der Waals surface area contributed by atoms with Gasteiger partial charge in [0, 0.05) is 30.9 Å². The molecule has 2 aromatic carbocycles. The Morgan fingerprint density at radius 1 is 0.917 bits per heavy atom. The largest absolute Gasteiger partial charge is 0.370 e. The van der Waals surface area contributed by atoms with Crippen molar-refractivity contribution < 1.29 is 0 Å². The van der Waals surface area contributed by atoms with Gasteiger partial charge in [0.05, 0.1) is 0 Å². The summed E-state index contributed by atoms with van der Waals surface area (Å²) in [6.07, 6.45) is 1.05. The maximum atomic E-state index is 4.76. The highest BCUT2D eigenvalue weighted by Crippen LogP contribution is 2.26. The molecule has 0 aliphatic carbocycles. The van der Waals surface area contributed by atoms with Crippen molar-refractivity contribution >= 4 is 17.3 Å². The van der Waals surface area contributed by atoms with Crippen LogP contribution in [0.3, 0.4) is 0 Å². The molecule has 0 saturated carbocycles. The molecule has 3 rings (SSSR count). The number of rotatable bonds is 6. The highest BCUT2D eigenvalue weighted by atomic mass is 15.2. The number of aromatic nitrogens is 2. The third-order valence-corrected chi connectivity index (χ3v) is 3.79. The Kier molecular flexibility index (Phi) is 5.06. The predicted octanol–water partition coefficient (Wildman–Crippen LogP) is 4.73. The van der Waals surface area contributed by atoms with Gasteiger partial charge in [-0.3, -0.25) is 0 Å². The monoisotopic (exact) mass is 318 g/mol. The minimum atomic E-state index is 0.731. The maximum absolute atomic E-state index is 4.76. The quantitative estimate of drug-likeness (QED) is 0.713. The molecule has 1 heterocycles. The number of anilines is 3. The van der Waals surface area contributed by atoms with Gasteiger partial charge < -0.3 is 10.2 Å². The summed E-state index contributed by atoms with van der Waals surface area (Å²) in [7, 11) is 2.02. The van der Waals surface area contributed by atoms with Crippen molar-refractivity contribution in [3.8, 4) is 11.4 Å². The lowest BCUT2D eigenvalue weighted by Crippen LogP contribution is -2.13. The lowest BCUT2D eigenvalue weighted by Gasteiger charge is -2.20. The second-order valence-electron chi connectivity index (χ2n) is 5.62. The fraction of sp³-hybridized carbons (Fsp3) is 0.200. The average molecular weight is 318 g/mol. The summed E-state index contributed by atoms with van der Waals surface area (Å²) in [5.41, 5.74) is 2.11. The fourth-order valence-electron chi connectivity index (χ4n) is 2.45. The summed E-state index contributed by atoms with van der Waals surface area (Å²) >= 11 is 0. The topological polar surface area (TPSA) is 41.0 Å². The lowest BCUT2D eigenvalue weighted by atomic mass is 10.2. The van der Waals surface area contributed by atoms with Gasteiger partial charge in [-0.25, -0.2) is 9.97 Å². The van der Waals surface area contributed by atoms with Crippen LogP contribution in [0, 0.1) is 0 Å². The molecular weight excluding hydrogens is 296 g/mol. The molecule has 0 aliphatic heterocycles. The molecule has 4 heteroatoms. The molecule has 0 aliphatic rings. The van der Waals surface area contributed by atoms with E-state index in [0.717, 1.165) is 41.7 Å². The summed E-state index contributed by atoms with van der Waals surface area (Å²) in [5, 5.41) is 3.37. The molecule has 4 nitrogen and oxygen atoms in total. The van der Waals surface area contributed by atoms with E-state index in [9.17, 15) is 0 Å². The van der Waals surface area contributed by atoms with Gasteiger partial charge in [0.1, 0.15) is 11.6 Å². The zero-order valence-electron chi connectivity index (χ0n) is 14.1. The number of hydrogen-bond acceptors (Lipinski definition) is 4. The Morgan fingerprint density at radius 3 is 2.25 bits per heavy atom. The van der Waals surface area contributed by atoms with E-state index in [-0.39, 0.29) is 0 Å². The summed E-state index contributed by atoms with van der Waals surface area (Å²) in [5.74, 6) is 2.45. The van der Waals surface area contributed by atoms with Crippen LogP contribution >= 0.6 is 0 Å². The first-order chi connectivity index (χ1) is 11.8. The van der Waals surface area contributed by atoms with Gasteiger partial charge in [-0.2, -0.15) is 0 Å². The molecule has 122 valence electrons. The Labute approximate surface area is 143 Å². The second kappa shape index (κ2) is 7.59. The SMILES string of the molecule is CCCNc1cc(N(C)c2ccccc2)nc(-c2ccccc2)n1. The normalized spacial score (nSPS) is 10.4. The van der Waals surface area contributed by atoms with Gasteiger partial charge >= 0.3 is 0 Å². The second-order valence-corrected chi connectivity index (χ2v) is 5.62. The summed E-state index contributed by atoms with van der Waals surface area (Å²) in [4.78, 5) is 11.5. The number of para-hydroxylation sites is 1. The van der Waals surface area contributed by atoms with Crippen LogP contribution < -0.4 is 10.2 Å². The van der Waals surface area contributed by atoms with E-state index in [1.165, 1.54) is 0 Å². The van der Waals surface area contributed by atoms with E-state index < -0.39 is 0 Å². The van der Waals surface area contributed by atoms with Gasteiger partial charge in [-0.15, -0.1) is 0 Å². The molecule has 0 fully saturated rings. The Bertz CT molecular complexity index is 772. The van der Waals surface area contributed by atoms with E-state index in [4.69, 9.17) is 4.98 Å². The molecule has 1 N–H and O–H groups in total. The molecule has 0 unspecified atom stereocenters. The van der Waals surface area contributed by atoms with Crippen LogP contribution in [-0.4, -0.2) is 23.6 Å². The highest BCUT2D eigenvalue weighted by molar-refractivity contribution is 5.66. The Balaban J connectivity index is 2.01. The van der Waals surface area contributed by atoms with Crippen LogP contribution in [0.2, 0.25) is 0 Å². The molecule has 0 bridgehead atoms. The molecule has 0 radical (unpaired) electrons. The summed E-state index contributed by atoms with van der Waals surface area (Å²) in [6.45, 7) is 3.03. The number of hydrogen-bond donors (Lipinski definition) is 1. The average Bonchev–Trinajstić information content (AvgIpc) is 2.67. The number of nitrogens with zero attached hydrogens (tertiary/aromatic N) is 3. The minimum Gasteiger partial charge on any atom is -0.370 e. The molecule has 0 amide bonds. The van der Waals surface area contributed by atoms with E-state index in [0.29, 0.717) is 0 Å². The zero-order chi connectivity index (χ0) is 16.8. The third-order valence-electron chi connectivity index (χ3n) is 3.79. The van der Waals surface area contributed by atoms with E-state index in [1.54, 1.807) is 0 Å². The van der Waals surface area contributed by atoms with Crippen molar-refractivity contribution in [1.82, 2.24) is 9.97 Å². The predicted molar refractivity (Wildman–Crippen MR) is 101 cm³/mol. The van der Waals surface area contributed by atoms with Crippen molar-refractivity contribution in [3.05, 3.63) is 66.7 Å². The molecule has 0 saturated heterocycles. The lowest BCUT2D eigenvalue weighted by molar-refractivity contribution is 0.963. The molecular formula is C20H22N4. The minimum absolute atomic E-state index is 0.731. The van der Waals surface area contributed by atoms with Crippen LogP contribution in [0.25, 0.3) is 11.4 Å². The number of nitrogens with one attached hydrogen (secondary N) is 1. The molecule has 24 heavy (non-hydrogen) atoms.